The van der Waals surface area contributed by atoms with Crippen molar-refractivity contribution in [1.82, 2.24) is 0 Å². The first kappa shape index (κ1) is 11.0. The zero-order valence-corrected chi connectivity index (χ0v) is 9.55. The molecule has 2 rings (SSSR count). The van der Waals surface area contributed by atoms with Gasteiger partial charge >= 0.3 is 0 Å². The third kappa shape index (κ3) is 1.56. The molecule has 0 fully saturated rings. The van der Waals surface area contributed by atoms with Crippen LogP contribution in [0.5, 0.6) is 0 Å². The Morgan fingerprint density at radius 1 is 0.688 bits per heavy atom. The van der Waals surface area contributed by atoms with Crippen LogP contribution in [-0.4, -0.2) is 17.3 Å². The molecule has 0 saturated heterocycles. The van der Waals surface area contributed by atoms with Gasteiger partial charge in [0.05, 0.1) is 0 Å². The van der Waals surface area contributed by atoms with E-state index in [1.807, 2.05) is 0 Å². The van der Waals surface area contributed by atoms with E-state index in [1.54, 1.807) is 13.8 Å². The summed E-state index contributed by atoms with van der Waals surface area (Å²) in [5.41, 5.74) is 2.24. The first-order valence-electron chi connectivity index (χ1n) is 5.53. The third-order valence-electron chi connectivity index (χ3n) is 3.46. The van der Waals surface area contributed by atoms with Crippen LogP contribution in [0, 0.1) is 0 Å². The summed E-state index contributed by atoms with van der Waals surface area (Å²) in [5, 5.41) is 0. The van der Waals surface area contributed by atoms with Crippen molar-refractivity contribution in [3.8, 4) is 0 Å². The zero-order chi connectivity index (χ0) is 11.9. The van der Waals surface area contributed by atoms with Gasteiger partial charge in [0.25, 0.3) is 0 Å². The summed E-state index contributed by atoms with van der Waals surface area (Å²) < 4.78 is 0. The highest BCUT2D eigenvalue weighted by atomic mass is 16.1. The van der Waals surface area contributed by atoms with Crippen LogP contribution in [0.1, 0.15) is 39.5 Å². The van der Waals surface area contributed by atoms with Crippen molar-refractivity contribution >= 4 is 17.3 Å². The fourth-order valence-electron chi connectivity index (χ4n) is 2.25. The summed E-state index contributed by atoms with van der Waals surface area (Å²) in [6, 6.07) is 0. The molecule has 16 heavy (non-hydrogen) atoms. The molecule has 0 atom stereocenters. The Bertz CT molecular complexity index is 424. The predicted molar refractivity (Wildman–Crippen MR) is 58.9 cm³/mol. The Kier molecular flexibility index (Phi) is 2.62. The predicted octanol–water partition coefficient (Wildman–Crippen LogP) is 1.91. The van der Waals surface area contributed by atoms with Gasteiger partial charge in [0.15, 0.2) is 11.6 Å². The molecule has 0 heterocycles. The van der Waals surface area contributed by atoms with Gasteiger partial charge in [0.2, 0.25) is 0 Å². The van der Waals surface area contributed by atoms with Crippen molar-refractivity contribution in [3.05, 3.63) is 22.3 Å². The first-order valence-corrected chi connectivity index (χ1v) is 5.53. The smallest absolute Gasteiger partial charge is 0.185 e. The zero-order valence-electron chi connectivity index (χ0n) is 9.55. The molecule has 84 valence electrons. The molecule has 0 aromatic carbocycles. The fourth-order valence-corrected chi connectivity index (χ4v) is 2.25. The number of allylic oxidation sites excluding steroid dienone is 4. The molecule has 0 radical (unpaired) electrons. The molecule has 0 saturated carbocycles. The molecule has 0 aromatic rings. The SMILES string of the molecule is CC1=C(C)C(=O)C2=C(CCC(=O)CC2)C1=O. The molecule has 3 heteroatoms. The molecule has 2 aliphatic carbocycles. The van der Waals surface area contributed by atoms with Gasteiger partial charge in [-0.1, -0.05) is 0 Å². The molecule has 0 amide bonds. The van der Waals surface area contributed by atoms with E-state index in [9.17, 15) is 14.4 Å². The monoisotopic (exact) mass is 218 g/mol. The summed E-state index contributed by atoms with van der Waals surface area (Å²) in [7, 11) is 0. The summed E-state index contributed by atoms with van der Waals surface area (Å²) in [4.78, 5) is 35.3. The lowest BCUT2D eigenvalue weighted by Gasteiger charge is -2.18. The number of hydrogen-bond acceptors (Lipinski definition) is 3. The Morgan fingerprint density at radius 3 is 1.44 bits per heavy atom. The molecule has 0 aliphatic heterocycles. The lowest BCUT2D eigenvalue weighted by atomic mass is 9.83. The summed E-state index contributed by atoms with van der Waals surface area (Å²) >= 11 is 0. The van der Waals surface area contributed by atoms with Crippen molar-refractivity contribution in [3.63, 3.8) is 0 Å². The minimum absolute atomic E-state index is 0.0400. The average molecular weight is 218 g/mol. The van der Waals surface area contributed by atoms with E-state index in [2.05, 4.69) is 0 Å². The van der Waals surface area contributed by atoms with Gasteiger partial charge in [-0.2, -0.15) is 0 Å². The minimum Gasteiger partial charge on any atom is -0.300 e. The Morgan fingerprint density at radius 2 is 1.06 bits per heavy atom. The van der Waals surface area contributed by atoms with Crippen LogP contribution >= 0.6 is 0 Å². The van der Waals surface area contributed by atoms with Gasteiger partial charge in [-0.15, -0.1) is 0 Å². The second-order valence-corrected chi connectivity index (χ2v) is 4.40. The molecule has 0 aromatic heterocycles. The van der Waals surface area contributed by atoms with E-state index in [1.165, 1.54) is 0 Å². The summed E-state index contributed by atoms with van der Waals surface area (Å²) in [5.74, 6) is 0.0638. The Labute approximate surface area is 94.2 Å². The molecule has 0 spiro atoms. The van der Waals surface area contributed by atoms with Crippen molar-refractivity contribution in [2.75, 3.05) is 0 Å². The number of carbonyl (C=O) groups excluding carboxylic acids is 3. The van der Waals surface area contributed by atoms with Gasteiger partial charge < -0.3 is 0 Å². The maximum absolute atomic E-state index is 12.0. The number of ketones is 3. The standard InChI is InChI=1S/C13H14O3/c1-7-8(2)13(16)11-6-4-9(14)3-5-10(11)12(7)15/h3-6H2,1-2H3. The normalized spacial score (nSPS) is 22.5. The Hall–Kier alpha value is -1.51. The van der Waals surface area contributed by atoms with E-state index >= 15 is 0 Å². The average Bonchev–Trinajstić information content (AvgIpc) is 2.46. The van der Waals surface area contributed by atoms with Crippen LogP contribution in [0.25, 0.3) is 0 Å². The second kappa shape index (κ2) is 3.81. The van der Waals surface area contributed by atoms with Crippen LogP contribution in [0.4, 0.5) is 0 Å². The van der Waals surface area contributed by atoms with Gasteiger partial charge in [0.1, 0.15) is 5.78 Å². The molecule has 3 nitrogen and oxygen atoms in total. The van der Waals surface area contributed by atoms with E-state index in [4.69, 9.17) is 0 Å². The van der Waals surface area contributed by atoms with Crippen molar-refractivity contribution in [1.29, 1.82) is 0 Å². The second-order valence-electron chi connectivity index (χ2n) is 4.40. The molecule has 0 bridgehead atoms. The van der Waals surface area contributed by atoms with Crippen molar-refractivity contribution < 1.29 is 14.4 Å². The number of Topliss-reactive ketones (excluding diaryl/α,β-unsaturated/α-hetero) is 3. The van der Waals surface area contributed by atoms with Gasteiger partial charge in [-0.25, -0.2) is 0 Å². The molecular weight excluding hydrogens is 204 g/mol. The fraction of sp³-hybridized carbons (Fsp3) is 0.462. The van der Waals surface area contributed by atoms with E-state index in [-0.39, 0.29) is 17.3 Å². The maximum Gasteiger partial charge on any atom is 0.185 e. The minimum atomic E-state index is -0.0400. The summed E-state index contributed by atoms with van der Waals surface area (Å²) in [6.07, 6.45) is 1.65. The molecule has 0 unspecified atom stereocenters. The van der Waals surface area contributed by atoms with Gasteiger partial charge in [-0.05, 0) is 26.7 Å². The van der Waals surface area contributed by atoms with E-state index < -0.39 is 0 Å². The van der Waals surface area contributed by atoms with E-state index in [0.29, 0.717) is 48.0 Å². The van der Waals surface area contributed by atoms with Crippen molar-refractivity contribution in [2.24, 2.45) is 0 Å². The highest BCUT2D eigenvalue weighted by Crippen LogP contribution is 2.32. The highest BCUT2D eigenvalue weighted by Gasteiger charge is 2.31. The summed E-state index contributed by atoms with van der Waals surface area (Å²) in [6.45, 7) is 3.37. The molecular formula is C13H14O3. The van der Waals surface area contributed by atoms with Crippen LogP contribution in [0.2, 0.25) is 0 Å². The lowest BCUT2D eigenvalue weighted by Crippen LogP contribution is -2.21. The number of rotatable bonds is 0. The van der Waals surface area contributed by atoms with E-state index in [0.717, 1.165) is 0 Å². The Balaban J connectivity index is 2.46. The van der Waals surface area contributed by atoms with Crippen molar-refractivity contribution in [2.45, 2.75) is 39.5 Å². The molecule has 2 aliphatic rings. The third-order valence-corrected chi connectivity index (χ3v) is 3.46. The largest absolute Gasteiger partial charge is 0.300 e. The van der Waals surface area contributed by atoms with Crippen LogP contribution < -0.4 is 0 Å². The number of carbonyl (C=O) groups is 3. The topological polar surface area (TPSA) is 51.2 Å². The van der Waals surface area contributed by atoms with Crippen LogP contribution in [0.3, 0.4) is 0 Å². The van der Waals surface area contributed by atoms with Crippen LogP contribution in [-0.2, 0) is 14.4 Å². The first-order chi connectivity index (χ1) is 7.52. The lowest BCUT2D eigenvalue weighted by molar-refractivity contribution is -0.118. The quantitative estimate of drug-likeness (QED) is 0.583. The van der Waals surface area contributed by atoms with Gasteiger partial charge in [-0.3, -0.25) is 14.4 Å². The van der Waals surface area contributed by atoms with Gasteiger partial charge in [0, 0.05) is 35.1 Å². The molecule has 0 N–H and O–H groups in total. The maximum atomic E-state index is 12.0. The van der Waals surface area contributed by atoms with Crippen LogP contribution in [0.15, 0.2) is 22.3 Å². The highest BCUT2D eigenvalue weighted by molar-refractivity contribution is 6.25. The number of hydrogen-bond donors (Lipinski definition) is 0.